The van der Waals surface area contributed by atoms with Gasteiger partial charge >= 0.3 is 7.12 Å². The largest absolute Gasteiger partial charge is 0.491 e. The zero-order valence-corrected chi connectivity index (χ0v) is 8.33. The Bertz CT molecular complexity index is 451. The first-order valence-corrected chi connectivity index (χ1v) is 4.64. The molecule has 0 amide bonds. The molecule has 0 atom stereocenters. The average molecular weight is 202 g/mol. The molecule has 0 unspecified atom stereocenters. The Labute approximate surface area is 87.9 Å². The summed E-state index contributed by atoms with van der Waals surface area (Å²) < 4.78 is 1.61. The van der Waals surface area contributed by atoms with Gasteiger partial charge in [-0.25, -0.2) is 4.68 Å². The summed E-state index contributed by atoms with van der Waals surface area (Å²) in [5.74, 6) is 0. The lowest BCUT2D eigenvalue weighted by molar-refractivity contribution is 0.426. The van der Waals surface area contributed by atoms with E-state index >= 15 is 0 Å². The highest BCUT2D eigenvalue weighted by Gasteiger charge is 2.13. The van der Waals surface area contributed by atoms with E-state index in [1.54, 1.807) is 10.9 Å². The molecule has 1 aromatic carbocycles. The van der Waals surface area contributed by atoms with Gasteiger partial charge in [0.25, 0.3) is 0 Å². The second kappa shape index (κ2) is 3.88. The first kappa shape index (κ1) is 9.95. The molecule has 0 spiro atoms. The second-order valence-electron chi connectivity index (χ2n) is 3.43. The molecule has 1 aromatic heterocycles. The highest BCUT2D eigenvalue weighted by atomic mass is 16.4. The van der Waals surface area contributed by atoms with Gasteiger partial charge < -0.3 is 10.0 Å². The van der Waals surface area contributed by atoms with Crippen LogP contribution in [-0.2, 0) is 0 Å². The monoisotopic (exact) mass is 202 g/mol. The number of nitrogens with zero attached hydrogens (tertiary/aromatic N) is 2. The summed E-state index contributed by atoms with van der Waals surface area (Å²) in [6.07, 6.45) is 3.03. The van der Waals surface area contributed by atoms with Crippen LogP contribution in [0.1, 0.15) is 5.56 Å². The van der Waals surface area contributed by atoms with Gasteiger partial charge in [0.2, 0.25) is 0 Å². The third-order valence-electron chi connectivity index (χ3n) is 2.20. The third kappa shape index (κ3) is 2.08. The van der Waals surface area contributed by atoms with Gasteiger partial charge in [-0.1, -0.05) is 17.7 Å². The van der Waals surface area contributed by atoms with Gasteiger partial charge in [0.15, 0.2) is 0 Å². The maximum Gasteiger partial charge on any atom is 0.491 e. The second-order valence-corrected chi connectivity index (χ2v) is 3.43. The van der Waals surface area contributed by atoms with Crippen LogP contribution in [0, 0.1) is 6.92 Å². The molecule has 1 heterocycles. The normalized spacial score (nSPS) is 10.3. The van der Waals surface area contributed by atoms with Gasteiger partial charge in [-0.2, -0.15) is 5.10 Å². The van der Waals surface area contributed by atoms with Gasteiger partial charge in [-0.05, 0) is 19.1 Å². The molecule has 5 heteroatoms. The predicted molar refractivity (Wildman–Crippen MR) is 58.1 cm³/mol. The summed E-state index contributed by atoms with van der Waals surface area (Å²) in [6.45, 7) is 2.01. The fourth-order valence-electron chi connectivity index (χ4n) is 1.31. The van der Waals surface area contributed by atoms with Gasteiger partial charge in [-0.3, -0.25) is 0 Å². The van der Waals surface area contributed by atoms with E-state index < -0.39 is 7.12 Å². The Morgan fingerprint density at radius 1 is 1.20 bits per heavy atom. The van der Waals surface area contributed by atoms with Crippen LogP contribution in [0.4, 0.5) is 0 Å². The fraction of sp³-hybridized carbons (Fsp3) is 0.100. The van der Waals surface area contributed by atoms with E-state index in [2.05, 4.69) is 5.10 Å². The maximum absolute atomic E-state index is 8.93. The molecule has 15 heavy (non-hydrogen) atoms. The standard InChI is InChI=1S/C10H11BN2O2/c1-8-2-4-10(5-3-8)13-7-9(6-12-13)11(14)15/h2-7,14-15H,1H3. The minimum atomic E-state index is -1.47. The van der Waals surface area contributed by atoms with Gasteiger partial charge in [-0.15, -0.1) is 0 Å². The molecule has 0 fully saturated rings. The molecule has 0 aliphatic rings. The topological polar surface area (TPSA) is 58.3 Å². The lowest BCUT2D eigenvalue weighted by atomic mass is 9.83. The lowest BCUT2D eigenvalue weighted by Crippen LogP contribution is -2.28. The van der Waals surface area contributed by atoms with Crippen LogP contribution in [0.3, 0.4) is 0 Å². The van der Waals surface area contributed by atoms with Crippen molar-refractivity contribution in [3.63, 3.8) is 0 Å². The highest BCUT2D eigenvalue weighted by molar-refractivity contribution is 6.58. The number of aromatic nitrogens is 2. The molecule has 0 radical (unpaired) electrons. The Kier molecular flexibility index (Phi) is 2.57. The van der Waals surface area contributed by atoms with Gasteiger partial charge in [0.05, 0.1) is 5.69 Å². The Hall–Kier alpha value is -1.59. The van der Waals surface area contributed by atoms with Crippen LogP contribution < -0.4 is 5.46 Å². The van der Waals surface area contributed by atoms with Crippen LogP contribution >= 0.6 is 0 Å². The molecule has 4 nitrogen and oxygen atoms in total. The molecular weight excluding hydrogens is 191 g/mol. The average Bonchev–Trinajstić information content (AvgIpc) is 2.68. The zero-order chi connectivity index (χ0) is 10.8. The van der Waals surface area contributed by atoms with Crippen molar-refractivity contribution < 1.29 is 10.0 Å². The first-order valence-electron chi connectivity index (χ1n) is 4.64. The number of benzene rings is 1. The van der Waals surface area contributed by atoms with Crippen molar-refractivity contribution in [3.05, 3.63) is 42.2 Å². The number of hydrogen-bond acceptors (Lipinski definition) is 3. The highest BCUT2D eigenvalue weighted by Crippen LogP contribution is 2.06. The van der Waals surface area contributed by atoms with E-state index in [4.69, 9.17) is 10.0 Å². The van der Waals surface area contributed by atoms with Crippen LogP contribution in [0.15, 0.2) is 36.7 Å². The Morgan fingerprint density at radius 2 is 1.87 bits per heavy atom. The van der Waals surface area contributed by atoms with E-state index in [1.165, 1.54) is 11.8 Å². The van der Waals surface area contributed by atoms with Crippen LogP contribution in [0.5, 0.6) is 0 Å². The summed E-state index contributed by atoms with van der Waals surface area (Å²) in [4.78, 5) is 0. The number of aryl methyl sites for hydroxylation is 1. The first-order chi connectivity index (χ1) is 7.16. The van der Waals surface area contributed by atoms with Crippen LogP contribution in [0.25, 0.3) is 5.69 Å². The molecule has 0 saturated carbocycles. The molecule has 2 rings (SSSR count). The van der Waals surface area contributed by atoms with Crippen molar-refractivity contribution in [1.29, 1.82) is 0 Å². The number of rotatable bonds is 2. The Morgan fingerprint density at radius 3 is 2.40 bits per heavy atom. The smallest absolute Gasteiger partial charge is 0.423 e. The molecule has 0 saturated heterocycles. The van der Waals surface area contributed by atoms with Crippen molar-refractivity contribution in [2.45, 2.75) is 6.92 Å². The SMILES string of the molecule is Cc1ccc(-n2cc(B(O)O)cn2)cc1. The van der Waals surface area contributed by atoms with Crippen LogP contribution in [-0.4, -0.2) is 26.9 Å². The fourth-order valence-corrected chi connectivity index (χ4v) is 1.31. The summed E-state index contributed by atoms with van der Waals surface area (Å²) in [5.41, 5.74) is 2.45. The molecule has 0 aliphatic heterocycles. The predicted octanol–water partition coefficient (Wildman–Crippen LogP) is -0.139. The van der Waals surface area contributed by atoms with E-state index in [0.29, 0.717) is 5.46 Å². The molecule has 76 valence electrons. The molecular formula is C10H11BN2O2. The maximum atomic E-state index is 8.93. The molecule has 2 N–H and O–H groups in total. The van der Waals surface area contributed by atoms with Crippen molar-refractivity contribution in [2.24, 2.45) is 0 Å². The van der Waals surface area contributed by atoms with E-state index in [-0.39, 0.29) is 0 Å². The van der Waals surface area contributed by atoms with E-state index in [1.807, 2.05) is 31.2 Å². The number of hydrogen-bond donors (Lipinski definition) is 2. The van der Waals surface area contributed by atoms with Crippen molar-refractivity contribution in [2.75, 3.05) is 0 Å². The van der Waals surface area contributed by atoms with Gasteiger partial charge in [0.1, 0.15) is 0 Å². The Balaban J connectivity index is 2.33. The van der Waals surface area contributed by atoms with Crippen molar-refractivity contribution in [1.82, 2.24) is 9.78 Å². The van der Waals surface area contributed by atoms with Gasteiger partial charge in [0, 0.05) is 17.9 Å². The molecule has 0 bridgehead atoms. The van der Waals surface area contributed by atoms with E-state index in [0.717, 1.165) is 5.69 Å². The molecule has 2 aromatic rings. The zero-order valence-electron chi connectivity index (χ0n) is 8.33. The lowest BCUT2D eigenvalue weighted by Gasteiger charge is -2.00. The summed E-state index contributed by atoms with van der Waals surface area (Å²) in [7, 11) is -1.47. The van der Waals surface area contributed by atoms with Crippen molar-refractivity contribution >= 4 is 12.6 Å². The summed E-state index contributed by atoms with van der Waals surface area (Å²) in [5, 5.41) is 21.9. The molecule has 0 aliphatic carbocycles. The summed E-state index contributed by atoms with van der Waals surface area (Å²) in [6, 6.07) is 7.81. The van der Waals surface area contributed by atoms with Crippen LogP contribution in [0.2, 0.25) is 0 Å². The van der Waals surface area contributed by atoms with Crippen molar-refractivity contribution in [3.8, 4) is 5.69 Å². The van der Waals surface area contributed by atoms with E-state index in [9.17, 15) is 0 Å². The third-order valence-corrected chi connectivity index (χ3v) is 2.20. The minimum absolute atomic E-state index is 0.385. The summed E-state index contributed by atoms with van der Waals surface area (Å²) >= 11 is 0. The quantitative estimate of drug-likeness (QED) is 0.666. The minimum Gasteiger partial charge on any atom is -0.423 e.